The molecule has 25 heavy (non-hydrogen) atoms. The summed E-state index contributed by atoms with van der Waals surface area (Å²) in [6.07, 6.45) is 1.91. The molecule has 2 aromatic heterocycles. The van der Waals surface area contributed by atoms with Crippen LogP contribution in [0.2, 0.25) is 0 Å². The molecule has 128 valence electrons. The molecule has 0 unspecified atom stereocenters. The zero-order valence-electron chi connectivity index (χ0n) is 14.0. The van der Waals surface area contributed by atoms with Crippen molar-refractivity contribution in [3.8, 4) is 10.8 Å². The standard InChI is InChI=1S/C19H19N3O2S/c1-13-6-2-3-8-15(13)19(23)22-10-4-7-14(12-22)17-20-21-18(24-17)16-9-5-11-25-16/h2-3,5-6,8-9,11,14H,4,7,10,12H2,1H3/t14-/m0/s1. The van der Waals surface area contributed by atoms with Crippen LogP contribution >= 0.6 is 11.3 Å². The van der Waals surface area contributed by atoms with Crippen LogP contribution in [-0.2, 0) is 0 Å². The summed E-state index contributed by atoms with van der Waals surface area (Å²) in [5.74, 6) is 1.38. The summed E-state index contributed by atoms with van der Waals surface area (Å²) in [5, 5.41) is 10.4. The van der Waals surface area contributed by atoms with Gasteiger partial charge in [0.1, 0.15) is 0 Å². The van der Waals surface area contributed by atoms with Crippen LogP contribution in [0, 0.1) is 6.92 Å². The van der Waals surface area contributed by atoms with E-state index in [0.717, 1.165) is 35.4 Å². The minimum atomic E-state index is 0.0841. The Labute approximate surface area is 150 Å². The monoisotopic (exact) mass is 353 g/mol. The van der Waals surface area contributed by atoms with Crippen molar-refractivity contribution in [2.24, 2.45) is 0 Å². The number of aromatic nitrogens is 2. The highest BCUT2D eigenvalue weighted by atomic mass is 32.1. The molecule has 1 aliphatic rings. The predicted octanol–water partition coefficient (Wildman–Crippen LogP) is 4.13. The SMILES string of the molecule is Cc1ccccc1C(=O)N1CCC[C@H](c2nnc(-c3cccs3)o2)C1. The van der Waals surface area contributed by atoms with Gasteiger partial charge in [0.2, 0.25) is 5.89 Å². The van der Waals surface area contributed by atoms with Crippen LogP contribution in [0.15, 0.2) is 46.2 Å². The van der Waals surface area contributed by atoms with Crippen molar-refractivity contribution in [3.63, 3.8) is 0 Å². The maximum absolute atomic E-state index is 12.9. The molecule has 3 heterocycles. The number of carbonyl (C=O) groups excluding carboxylic acids is 1. The van der Waals surface area contributed by atoms with Crippen molar-refractivity contribution < 1.29 is 9.21 Å². The lowest BCUT2D eigenvalue weighted by molar-refractivity contribution is 0.0697. The van der Waals surface area contributed by atoms with Gasteiger partial charge in [0.15, 0.2) is 0 Å². The molecule has 6 heteroatoms. The molecular weight excluding hydrogens is 334 g/mol. The minimum absolute atomic E-state index is 0.0841. The molecule has 0 saturated carbocycles. The maximum atomic E-state index is 12.9. The summed E-state index contributed by atoms with van der Waals surface area (Å²) in [6.45, 7) is 3.37. The van der Waals surface area contributed by atoms with Gasteiger partial charge in [-0.3, -0.25) is 4.79 Å². The number of hydrogen-bond donors (Lipinski definition) is 0. The van der Waals surface area contributed by atoms with Gasteiger partial charge in [-0.2, -0.15) is 0 Å². The topological polar surface area (TPSA) is 59.2 Å². The van der Waals surface area contributed by atoms with Gasteiger partial charge in [0, 0.05) is 18.7 Å². The fourth-order valence-corrected chi connectivity index (χ4v) is 3.89. The van der Waals surface area contributed by atoms with Crippen LogP contribution < -0.4 is 0 Å². The highest BCUT2D eigenvalue weighted by Gasteiger charge is 2.29. The van der Waals surface area contributed by atoms with Crippen molar-refractivity contribution in [1.82, 2.24) is 15.1 Å². The van der Waals surface area contributed by atoms with Gasteiger partial charge >= 0.3 is 0 Å². The minimum Gasteiger partial charge on any atom is -0.420 e. The zero-order chi connectivity index (χ0) is 17.2. The molecule has 0 N–H and O–H groups in total. The third-order valence-corrected chi connectivity index (χ3v) is 5.46. The first kappa shape index (κ1) is 16.0. The van der Waals surface area contributed by atoms with Crippen LogP contribution in [0.4, 0.5) is 0 Å². The van der Waals surface area contributed by atoms with Gasteiger partial charge in [-0.25, -0.2) is 0 Å². The number of piperidine rings is 1. The Morgan fingerprint density at radius 1 is 1.24 bits per heavy atom. The van der Waals surface area contributed by atoms with E-state index in [-0.39, 0.29) is 11.8 Å². The van der Waals surface area contributed by atoms with E-state index in [2.05, 4.69) is 10.2 Å². The van der Waals surface area contributed by atoms with Gasteiger partial charge in [-0.05, 0) is 42.8 Å². The van der Waals surface area contributed by atoms with E-state index >= 15 is 0 Å². The maximum Gasteiger partial charge on any atom is 0.257 e. The molecule has 1 aliphatic heterocycles. The average molecular weight is 353 g/mol. The average Bonchev–Trinajstić information content (AvgIpc) is 3.33. The zero-order valence-corrected chi connectivity index (χ0v) is 14.8. The number of rotatable bonds is 3. The van der Waals surface area contributed by atoms with Crippen molar-refractivity contribution in [3.05, 3.63) is 58.8 Å². The van der Waals surface area contributed by atoms with E-state index < -0.39 is 0 Å². The van der Waals surface area contributed by atoms with Crippen molar-refractivity contribution in [2.75, 3.05) is 13.1 Å². The first-order valence-electron chi connectivity index (χ1n) is 8.44. The lowest BCUT2D eigenvalue weighted by Crippen LogP contribution is -2.39. The number of hydrogen-bond acceptors (Lipinski definition) is 5. The summed E-state index contributed by atoms with van der Waals surface area (Å²) in [5.41, 5.74) is 1.78. The molecular formula is C19H19N3O2S. The Bertz CT molecular complexity index is 872. The quantitative estimate of drug-likeness (QED) is 0.710. The molecule has 1 fully saturated rings. The number of aryl methyl sites for hydroxylation is 1. The molecule has 3 aromatic rings. The van der Waals surface area contributed by atoms with E-state index in [1.165, 1.54) is 0 Å². The van der Waals surface area contributed by atoms with E-state index in [0.29, 0.717) is 18.3 Å². The fraction of sp³-hybridized carbons (Fsp3) is 0.316. The molecule has 0 bridgehead atoms. The second-order valence-corrected chi connectivity index (χ2v) is 7.28. The van der Waals surface area contributed by atoms with Crippen LogP contribution in [0.1, 0.15) is 40.6 Å². The molecule has 5 nitrogen and oxygen atoms in total. The Kier molecular flexibility index (Phi) is 4.36. The van der Waals surface area contributed by atoms with E-state index in [9.17, 15) is 4.79 Å². The molecule has 0 aliphatic carbocycles. The molecule has 4 rings (SSSR count). The molecule has 0 spiro atoms. The summed E-state index contributed by atoms with van der Waals surface area (Å²) < 4.78 is 5.88. The van der Waals surface area contributed by atoms with Crippen LogP contribution in [0.25, 0.3) is 10.8 Å². The highest BCUT2D eigenvalue weighted by Crippen LogP contribution is 2.30. The van der Waals surface area contributed by atoms with E-state index in [1.54, 1.807) is 11.3 Å². The molecule has 0 radical (unpaired) electrons. The van der Waals surface area contributed by atoms with Crippen LogP contribution in [0.5, 0.6) is 0 Å². The Morgan fingerprint density at radius 2 is 2.12 bits per heavy atom. The smallest absolute Gasteiger partial charge is 0.257 e. The molecule has 1 amide bonds. The largest absolute Gasteiger partial charge is 0.420 e. The third-order valence-electron chi connectivity index (χ3n) is 4.61. The van der Waals surface area contributed by atoms with Gasteiger partial charge in [-0.1, -0.05) is 24.3 Å². The number of amides is 1. The van der Waals surface area contributed by atoms with Crippen molar-refractivity contribution >= 4 is 17.2 Å². The fourth-order valence-electron chi connectivity index (χ4n) is 3.25. The van der Waals surface area contributed by atoms with Crippen LogP contribution in [-0.4, -0.2) is 34.1 Å². The second-order valence-electron chi connectivity index (χ2n) is 6.33. The lowest BCUT2D eigenvalue weighted by atomic mass is 9.97. The number of thiophene rings is 1. The van der Waals surface area contributed by atoms with Gasteiger partial charge in [0.05, 0.1) is 10.8 Å². The van der Waals surface area contributed by atoms with E-state index in [1.807, 2.05) is 53.6 Å². The van der Waals surface area contributed by atoms with Crippen LogP contribution in [0.3, 0.4) is 0 Å². The second kappa shape index (κ2) is 6.80. The summed E-state index contributed by atoms with van der Waals surface area (Å²) in [6, 6.07) is 11.7. The highest BCUT2D eigenvalue weighted by molar-refractivity contribution is 7.13. The molecule has 1 saturated heterocycles. The summed E-state index contributed by atoms with van der Waals surface area (Å²) in [4.78, 5) is 15.7. The summed E-state index contributed by atoms with van der Waals surface area (Å²) in [7, 11) is 0. The number of nitrogens with zero attached hydrogens (tertiary/aromatic N) is 3. The van der Waals surface area contributed by atoms with Crippen molar-refractivity contribution in [2.45, 2.75) is 25.7 Å². The molecule has 1 atom stereocenters. The Hall–Kier alpha value is -2.47. The number of carbonyl (C=O) groups is 1. The first-order chi connectivity index (χ1) is 12.2. The van der Waals surface area contributed by atoms with Crippen molar-refractivity contribution in [1.29, 1.82) is 0 Å². The first-order valence-corrected chi connectivity index (χ1v) is 9.32. The normalized spacial score (nSPS) is 17.6. The number of likely N-dealkylation sites (tertiary alicyclic amines) is 1. The Morgan fingerprint density at radius 3 is 2.92 bits per heavy atom. The summed E-state index contributed by atoms with van der Waals surface area (Å²) >= 11 is 1.58. The predicted molar refractivity (Wildman–Crippen MR) is 96.7 cm³/mol. The van der Waals surface area contributed by atoms with Gasteiger partial charge in [-0.15, -0.1) is 21.5 Å². The molecule has 1 aromatic carbocycles. The van der Waals surface area contributed by atoms with E-state index in [4.69, 9.17) is 4.42 Å². The van der Waals surface area contributed by atoms with Gasteiger partial charge < -0.3 is 9.32 Å². The number of benzene rings is 1. The van der Waals surface area contributed by atoms with Gasteiger partial charge in [0.25, 0.3) is 11.8 Å². The third kappa shape index (κ3) is 3.22. The Balaban J connectivity index is 1.51. The lowest BCUT2D eigenvalue weighted by Gasteiger charge is -2.31.